The fourth-order valence-corrected chi connectivity index (χ4v) is 3.24. The number of nitrogens with zero attached hydrogens (tertiary/aromatic N) is 3. The summed E-state index contributed by atoms with van der Waals surface area (Å²) in [5, 5.41) is 18.1. The van der Waals surface area contributed by atoms with E-state index in [2.05, 4.69) is 10.4 Å². The molecule has 8 heteroatoms. The van der Waals surface area contributed by atoms with Gasteiger partial charge in [-0.2, -0.15) is 5.10 Å². The number of thiophene rings is 1. The fourth-order valence-electron chi connectivity index (χ4n) is 2.34. The van der Waals surface area contributed by atoms with Crippen LogP contribution in [0.15, 0.2) is 12.1 Å². The molecule has 1 N–H and O–H groups in total. The molecule has 0 aliphatic heterocycles. The summed E-state index contributed by atoms with van der Waals surface area (Å²) in [6.45, 7) is 8.82. The third kappa shape index (κ3) is 4.16. The van der Waals surface area contributed by atoms with Crippen molar-refractivity contribution in [2.75, 3.05) is 6.54 Å². The molecule has 2 aromatic rings. The Bertz CT molecular complexity index is 735. The Hall–Kier alpha value is -2.22. The largest absolute Gasteiger partial charge is 0.351 e. The number of hydrogen-bond donors (Lipinski definition) is 1. The Kier molecular flexibility index (Phi) is 5.15. The molecule has 0 aromatic carbocycles. The van der Waals surface area contributed by atoms with Crippen LogP contribution in [0.3, 0.4) is 0 Å². The minimum Gasteiger partial charge on any atom is -0.351 e. The van der Waals surface area contributed by atoms with Gasteiger partial charge in [0.2, 0.25) is 0 Å². The number of aromatic nitrogens is 2. The van der Waals surface area contributed by atoms with Crippen LogP contribution >= 0.6 is 11.3 Å². The van der Waals surface area contributed by atoms with Crippen LogP contribution in [0.25, 0.3) is 0 Å². The second-order valence-electron chi connectivity index (χ2n) is 5.73. The molecule has 1 atom stereocenters. The molecule has 0 aliphatic carbocycles. The highest BCUT2D eigenvalue weighted by molar-refractivity contribution is 7.14. The molecule has 1 unspecified atom stereocenters. The van der Waals surface area contributed by atoms with Crippen LogP contribution in [0, 0.1) is 36.8 Å². The van der Waals surface area contributed by atoms with E-state index < -0.39 is 4.92 Å². The van der Waals surface area contributed by atoms with Crippen LogP contribution in [0.2, 0.25) is 0 Å². The van der Waals surface area contributed by atoms with E-state index in [1.807, 2.05) is 31.5 Å². The van der Waals surface area contributed by atoms with Gasteiger partial charge >= 0.3 is 0 Å². The number of carbonyl (C=O) groups excluding carboxylic acids is 1. The van der Waals surface area contributed by atoms with Gasteiger partial charge < -0.3 is 5.32 Å². The van der Waals surface area contributed by atoms with Crippen molar-refractivity contribution in [3.05, 3.63) is 43.4 Å². The van der Waals surface area contributed by atoms with Crippen molar-refractivity contribution >= 4 is 22.9 Å². The minimum atomic E-state index is -0.464. The van der Waals surface area contributed by atoms with Crippen molar-refractivity contribution in [2.45, 2.75) is 34.2 Å². The maximum absolute atomic E-state index is 12.1. The van der Waals surface area contributed by atoms with Gasteiger partial charge in [0.05, 0.1) is 20.4 Å². The number of nitrogens with one attached hydrogen (secondary N) is 1. The number of rotatable bonds is 6. The molecule has 0 spiro atoms. The maximum atomic E-state index is 12.1. The van der Waals surface area contributed by atoms with E-state index in [0.717, 1.165) is 22.7 Å². The highest BCUT2D eigenvalue weighted by Gasteiger charge is 2.19. The molecule has 0 saturated carbocycles. The quantitative estimate of drug-likeness (QED) is 0.649. The first-order chi connectivity index (χ1) is 10.8. The van der Waals surface area contributed by atoms with Gasteiger partial charge in [-0.1, -0.05) is 6.92 Å². The monoisotopic (exact) mass is 336 g/mol. The zero-order valence-electron chi connectivity index (χ0n) is 13.6. The molecule has 0 bridgehead atoms. The normalized spacial score (nSPS) is 12.2. The molecule has 0 radical (unpaired) electrons. The molecular weight excluding hydrogens is 316 g/mol. The average Bonchev–Trinajstić information content (AvgIpc) is 2.99. The van der Waals surface area contributed by atoms with Crippen molar-refractivity contribution in [1.82, 2.24) is 15.1 Å². The molecule has 7 nitrogen and oxygen atoms in total. The second-order valence-corrected chi connectivity index (χ2v) is 6.99. The standard InChI is InChI=1S/C15H20N4O3S/c1-9(8-18-11(3)5-10(2)17-18)7-16-15(20)14-6-13(19(21)22)12(4)23-14/h5-6,9H,7-8H2,1-4H3,(H,16,20). The van der Waals surface area contributed by atoms with Crippen molar-refractivity contribution in [1.29, 1.82) is 0 Å². The summed E-state index contributed by atoms with van der Waals surface area (Å²) in [7, 11) is 0. The highest BCUT2D eigenvalue weighted by Crippen LogP contribution is 2.27. The first kappa shape index (κ1) is 17.1. The molecule has 2 rings (SSSR count). The van der Waals surface area contributed by atoms with Crippen LogP contribution in [0.4, 0.5) is 5.69 Å². The van der Waals surface area contributed by atoms with E-state index >= 15 is 0 Å². The van der Waals surface area contributed by atoms with Gasteiger partial charge in [-0.05, 0) is 32.8 Å². The summed E-state index contributed by atoms with van der Waals surface area (Å²) in [4.78, 5) is 23.4. The van der Waals surface area contributed by atoms with Crippen LogP contribution < -0.4 is 5.32 Å². The first-order valence-electron chi connectivity index (χ1n) is 7.32. The number of nitro groups is 1. The van der Waals surface area contributed by atoms with Gasteiger partial charge in [-0.3, -0.25) is 19.6 Å². The number of hydrogen-bond acceptors (Lipinski definition) is 5. The van der Waals surface area contributed by atoms with E-state index in [0.29, 0.717) is 22.8 Å². The topological polar surface area (TPSA) is 90.1 Å². The van der Waals surface area contributed by atoms with Crippen LogP contribution in [-0.4, -0.2) is 27.2 Å². The summed E-state index contributed by atoms with van der Waals surface area (Å²) >= 11 is 1.14. The zero-order chi connectivity index (χ0) is 17.1. The lowest BCUT2D eigenvalue weighted by molar-refractivity contribution is -0.385. The summed E-state index contributed by atoms with van der Waals surface area (Å²) in [6, 6.07) is 3.35. The SMILES string of the molecule is Cc1cc(C)n(CC(C)CNC(=O)c2cc([N+](=O)[O-])c(C)s2)n1. The highest BCUT2D eigenvalue weighted by atomic mass is 32.1. The Morgan fingerprint density at radius 2 is 2.13 bits per heavy atom. The Morgan fingerprint density at radius 3 is 2.65 bits per heavy atom. The smallest absolute Gasteiger partial charge is 0.283 e. The number of amides is 1. The summed E-state index contributed by atoms with van der Waals surface area (Å²) in [6.07, 6.45) is 0. The average molecular weight is 336 g/mol. The second kappa shape index (κ2) is 6.91. The molecule has 2 aromatic heterocycles. The molecular formula is C15H20N4O3S. The van der Waals surface area contributed by atoms with Crippen molar-refractivity contribution in [3.63, 3.8) is 0 Å². The Balaban J connectivity index is 1.92. The molecule has 0 aliphatic rings. The fraction of sp³-hybridized carbons (Fsp3) is 0.467. The first-order valence-corrected chi connectivity index (χ1v) is 8.13. The van der Waals surface area contributed by atoms with E-state index in [4.69, 9.17) is 0 Å². The van der Waals surface area contributed by atoms with Crippen molar-refractivity contribution in [2.24, 2.45) is 5.92 Å². The van der Waals surface area contributed by atoms with Crippen molar-refractivity contribution < 1.29 is 9.72 Å². The van der Waals surface area contributed by atoms with Gasteiger partial charge in [0.15, 0.2) is 0 Å². The van der Waals surface area contributed by atoms with Crippen LogP contribution in [0.1, 0.15) is 32.9 Å². The lowest BCUT2D eigenvalue weighted by atomic mass is 10.2. The van der Waals surface area contributed by atoms with Gasteiger partial charge in [-0.15, -0.1) is 11.3 Å². The third-order valence-electron chi connectivity index (χ3n) is 3.51. The molecule has 2 heterocycles. The van der Waals surface area contributed by atoms with E-state index in [1.54, 1.807) is 6.92 Å². The van der Waals surface area contributed by atoms with Gasteiger partial charge in [0, 0.05) is 24.8 Å². The van der Waals surface area contributed by atoms with E-state index in [-0.39, 0.29) is 17.5 Å². The van der Waals surface area contributed by atoms with Crippen molar-refractivity contribution in [3.8, 4) is 0 Å². The summed E-state index contributed by atoms with van der Waals surface area (Å²) in [5.41, 5.74) is 2.06. The predicted octanol–water partition coefficient (Wildman–Crippen LogP) is 2.84. The Labute approximate surface area is 138 Å². The summed E-state index contributed by atoms with van der Waals surface area (Å²) in [5.74, 6) is -0.0700. The van der Waals surface area contributed by atoms with Crippen LogP contribution in [0.5, 0.6) is 0 Å². The molecule has 23 heavy (non-hydrogen) atoms. The van der Waals surface area contributed by atoms with Gasteiger partial charge in [0.25, 0.3) is 11.6 Å². The molecule has 0 saturated heterocycles. The lowest BCUT2D eigenvalue weighted by Gasteiger charge is -2.13. The molecule has 0 fully saturated rings. The summed E-state index contributed by atoms with van der Waals surface area (Å²) < 4.78 is 1.92. The minimum absolute atomic E-state index is 0.00385. The van der Waals surface area contributed by atoms with Crippen LogP contribution in [-0.2, 0) is 6.54 Å². The molecule has 1 amide bonds. The number of carbonyl (C=O) groups is 1. The lowest BCUT2D eigenvalue weighted by Crippen LogP contribution is -2.29. The van der Waals surface area contributed by atoms with E-state index in [9.17, 15) is 14.9 Å². The Morgan fingerprint density at radius 1 is 1.43 bits per heavy atom. The predicted molar refractivity (Wildman–Crippen MR) is 88.9 cm³/mol. The van der Waals surface area contributed by atoms with E-state index in [1.165, 1.54) is 6.07 Å². The number of aryl methyl sites for hydroxylation is 3. The van der Waals surface area contributed by atoms with Gasteiger partial charge in [-0.25, -0.2) is 0 Å². The third-order valence-corrected chi connectivity index (χ3v) is 4.55. The molecule has 124 valence electrons. The maximum Gasteiger partial charge on any atom is 0.283 e. The zero-order valence-corrected chi connectivity index (χ0v) is 14.4. The van der Waals surface area contributed by atoms with Gasteiger partial charge in [0.1, 0.15) is 0 Å².